The molecular formula is C16H16N4. The lowest BCUT2D eigenvalue weighted by molar-refractivity contribution is 1.05. The topological polar surface area (TPSA) is 50.7 Å². The van der Waals surface area contributed by atoms with E-state index in [0.717, 1.165) is 34.4 Å². The van der Waals surface area contributed by atoms with Crippen molar-refractivity contribution in [3.63, 3.8) is 0 Å². The number of fused-ring (bicyclic) bond motifs is 1. The van der Waals surface area contributed by atoms with Gasteiger partial charge in [0.15, 0.2) is 0 Å². The molecule has 0 aliphatic rings. The van der Waals surface area contributed by atoms with Crippen LogP contribution in [0.1, 0.15) is 12.6 Å². The Labute approximate surface area is 117 Å². The quantitative estimate of drug-likeness (QED) is 0.787. The molecule has 100 valence electrons. The highest BCUT2D eigenvalue weighted by molar-refractivity contribution is 5.82. The Hall–Kier alpha value is -2.49. The average molecular weight is 264 g/mol. The van der Waals surface area contributed by atoms with Gasteiger partial charge in [0.05, 0.1) is 11.2 Å². The van der Waals surface area contributed by atoms with Crippen molar-refractivity contribution in [3.8, 4) is 11.3 Å². The average Bonchev–Trinajstić information content (AvgIpc) is 2.46. The van der Waals surface area contributed by atoms with Gasteiger partial charge in [0.25, 0.3) is 0 Å². The number of anilines is 1. The minimum absolute atomic E-state index is 0.663. The van der Waals surface area contributed by atoms with Crippen LogP contribution in [0.15, 0.2) is 42.6 Å². The molecular weight excluding hydrogens is 248 g/mol. The molecule has 0 aliphatic carbocycles. The van der Waals surface area contributed by atoms with Crippen LogP contribution < -0.4 is 5.32 Å². The molecule has 1 aromatic carbocycles. The van der Waals surface area contributed by atoms with Gasteiger partial charge in [0, 0.05) is 29.4 Å². The first kappa shape index (κ1) is 12.5. The van der Waals surface area contributed by atoms with Crippen LogP contribution in [0.2, 0.25) is 0 Å². The van der Waals surface area contributed by atoms with Crippen LogP contribution in [0.3, 0.4) is 0 Å². The van der Waals surface area contributed by atoms with Crippen molar-refractivity contribution in [2.75, 3.05) is 11.9 Å². The summed E-state index contributed by atoms with van der Waals surface area (Å²) in [6.45, 7) is 4.81. The van der Waals surface area contributed by atoms with Crippen molar-refractivity contribution in [3.05, 3.63) is 48.3 Å². The van der Waals surface area contributed by atoms with Crippen molar-refractivity contribution >= 4 is 16.9 Å². The summed E-state index contributed by atoms with van der Waals surface area (Å²) in [5.41, 5.74) is 3.84. The summed E-state index contributed by atoms with van der Waals surface area (Å²) in [4.78, 5) is 13.4. The lowest BCUT2D eigenvalue weighted by Crippen LogP contribution is -2.04. The van der Waals surface area contributed by atoms with Gasteiger partial charge in [-0.3, -0.25) is 4.98 Å². The summed E-state index contributed by atoms with van der Waals surface area (Å²) in [6, 6.07) is 12.2. The molecule has 3 aromatic rings. The Morgan fingerprint density at radius 2 is 1.95 bits per heavy atom. The van der Waals surface area contributed by atoms with Gasteiger partial charge in [-0.2, -0.15) is 0 Å². The zero-order valence-corrected chi connectivity index (χ0v) is 11.6. The van der Waals surface area contributed by atoms with Gasteiger partial charge in [-0.05, 0) is 32.0 Å². The van der Waals surface area contributed by atoms with Crippen molar-refractivity contribution in [1.82, 2.24) is 15.0 Å². The number of aryl methyl sites for hydroxylation is 1. The molecule has 2 aromatic heterocycles. The van der Waals surface area contributed by atoms with E-state index in [-0.39, 0.29) is 0 Å². The third-order valence-corrected chi connectivity index (χ3v) is 3.08. The van der Waals surface area contributed by atoms with Gasteiger partial charge in [0.2, 0.25) is 5.95 Å². The molecule has 4 nitrogen and oxygen atoms in total. The fraction of sp³-hybridized carbons (Fsp3) is 0.188. The second kappa shape index (κ2) is 5.25. The fourth-order valence-corrected chi connectivity index (χ4v) is 2.16. The molecule has 0 amide bonds. The number of pyridine rings is 1. The molecule has 0 saturated carbocycles. The van der Waals surface area contributed by atoms with Crippen molar-refractivity contribution in [2.45, 2.75) is 13.8 Å². The Bertz CT molecular complexity index is 752. The lowest BCUT2D eigenvalue weighted by Gasteiger charge is -2.07. The Kier molecular flexibility index (Phi) is 3.29. The van der Waals surface area contributed by atoms with E-state index in [2.05, 4.69) is 32.4 Å². The van der Waals surface area contributed by atoms with Crippen LogP contribution in [-0.4, -0.2) is 21.5 Å². The molecule has 0 unspecified atom stereocenters. The maximum atomic E-state index is 4.54. The zero-order chi connectivity index (χ0) is 13.9. The Morgan fingerprint density at radius 1 is 1.10 bits per heavy atom. The van der Waals surface area contributed by atoms with Crippen LogP contribution in [-0.2, 0) is 0 Å². The molecule has 3 rings (SSSR count). The maximum absolute atomic E-state index is 4.54. The summed E-state index contributed by atoms with van der Waals surface area (Å²) in [5.74, 6) is 0.663. The predicted molar refractivity (Wildman–Crippen MR) is 81.7 cm³/mol. The fourth-order valence-electron chi connectivity index (χ4n) is 2.16. The second-order valence-corrected chi connectivity index (χ2v) is 4.67. The third kappa shape index (κ3) is 2.45. The maximum Gasteiger partial charge on any atom is 0.223 e. The van der Waals surface area contributed by atoms with Gasteiger partial charge in [0.1, 0.15) is 0 Å². The number of hydrogen-bond donors (Lipinski definition) is 1. The molecule has 0 radical (unpaired) electrons. The number of nitrogens with one attached hydrogen (secondary N) is 1. The van der Waals surface area contributed by atoms with Crippen LogP contribution in [0, 0.1) is 6.92 Å². The van der Waals surface area contributed by atoms with Crippen molar-refractivity contribution < 1.29 is 0 Å². The summed E-state index contributed by atoms with van der Waals surface area (Å²) in [5, 5.41) is 4.27. The summed E-state index contributed by atoms with van der Waals surface area (Å²) < 4.78 is 0. The number of rotatable bonds is 3. The summed E-state index contributed by atoms with van der Waals surface area (Å²) >= 11 is 0. The largest absolute Gasteiger partial charge is 0.354 e. The van der Waals surface area contributed by atoms with E-state index in [1.165, 1.54) is 0 Å². The molecule has 0 atom stereocenters. The second-order valence-electron chi connectivity index (χ2n) is 4.67. The highest BCUT2D eigenvalue weighted by Gasteiger charge is 2.05. The monoisotopic (exact) mass is 264 g/mol. The van der Waals surface area contributed by atoms with Crippen LogP contribution in [0.5, 0.6) is 0 Å². The van der Waals surface area contributed by atoms with E-state index < -0.39 is 0 Å². The molecule has 0 bridgehead atoms. The molecule has 1 N–H and O–H groups in total. The number of benzene rings is 1. The number of para-hydroxylation sites is 1. The van der Waals surface area contributed by atoms with Crippen LogP contribution >= 0.6 is 0 Å². The summed E-state index contributed by atoms with van der Waals surface area (Å²) in [7, 11) is 0. The first-order chi connectivity index (χ1) is 9.76. The molecule has 0 fully saturated rings. The molecule has 0 aliphatic heterocycles. The van der Waals surface area contributed by atoms with Gasteiger partial charge in [-0.1, -0.05) is 18.2 Å². The Morgan fingerprint density at radius 3 is 2.80 bits per heavy atom. The van der Waals surface area contributed by atoms with Gasteiger partial charge >= 0.3 is 0 Å². The van der Waals surface area contributed by atoms with Gasteiger partial charge < -0.3 is 5.32 Å². The van der Waals surface area contributed by atoms with Gasteiger partial charge in [-0.25, -0.2) is 9.97 Å². The highest BCUT2D eigenvalue weighted by atomic mass is 15.1. The molecule has 0 spiro atoms. The van der Waals surface area contributed by atoms with E-state index in [1.54, 1.807) is 0 Å². The molecule has 20 heavy (non-hydrogen) atoms. The SMILES string of the molecule is CCNc1nc(C)cc(-c2cnc3ccccc3c2)n1. The van der Waals surface area contributed by atoms with Crippen molar-refractivity contribution in [1.29, 1.82) is 0 Å². The highest BCUT2D eigenvalue weighted by Crippen LogP contribution is 2.22. The number of hydrogen-bond acceptors (Lipinski definition) is 4. The lowest BCUT2D eigenvalue weighted by atomic mass is 10.1. The minimum atomic E-state index is 0.663. The van der Waals surface area contributed by atoms with E-state index in [0.29, 0.717) is 5.95 Å². The normalized spacial score (nSPS) is 10.7. The third-order valence-electron chi connectivity index (χ3n) is 3.08. The van der Waals surface area contributed by atoms with Crippen LogP contribution in [0.4, 0.5) is 5.95 Å². The number of aromatic nitrogens is 3. The molecule has 0 saturated heterocycles. The van der Waals surface area contributed by atoms with E-state index in [4.69, 9.17) is 0 Å². The summed E-state index contributed by atoms with van der Waals surface area (Å²) in [6.07, 6.45) is 1.86. The van der Waals surface area contributed by atoms with Crippen LogP contribution in [0.25, 0.3) is 22.2 Å². The van der Waals surface area contributed by atoms with E-state index >= 15 is 0 Å². The van der Waals surface area contributed by atoms with E-state index in [1.807, 2.05) is 44.3 Å². The van der Waals surface area contributed by atoms with Crippen molar-refractivity contribution in [2.24, 2.45) is 0 Å². The minimum Gasteiger partial charge on any atom is -0.354 e. The first-order valence-electron chi connectivity index (χ1n) is 6.71. The first-order valence-corrected chi connectivity index (χ1v) is 6.71. The zero-order valence-electron chi connectivity index (χ0n) is 11.6. The predicted octanol–water partition coefficient (Wildman–Crippen LogP) is 3.43. The Balaban J connectivity index is 2.10. The molecule has 4 heteroatoms. The standard InChI is InChI=1S/C16H16N4/c1-3-17-16-19-11(2)8-15(20-16)13-9-12-6-4-5-7-14(12)18-10-13/h4-10H,3H2,1-2H3,(H,17,19,20). The van der Waals surface area contributed by atoms with E-state index in [9.17, 15) is 0 Å². The van der Waals surface area contributed by atoms with Gasteiger partial charge in [-0.15, -0.1) is 0 Å². The molecule has 2 heterocycles. The number of nitrogens with zero attached hydrogens (tertiary/aromatic N) is 3. The smallest absolute Gasteiger partial charge is 0.223 e.